The minimum Gasteiger partial charge on any atom is -0.478 e. The highest BCUT2D eigenvalue weighted by Gasteiger charge is 2.22. The number of hydrogen-bond acceptors (Lipinski definition) is 2. The molecule has 0 spiro atoms. The van der Waals surface area contributed by atoms with Crippen LogP contribution in [0.25, 0.3) is 6.08 Å². The molecule has 1 aliphatic rings. The molecule has 19 heavy (non-hydrogen) atoms. The lowest BCUT2D eigenvalue weighted by molar-refractivity contribution is -0.131. The maximum absolute atomic E-state index is 13.5. The third-order valence-electron chi connectivity index (χ3n) is 3.19. The predicted molar refractivity (Wildman–Crippen MR) is 72.1 cm³/mol. The van der Waals surface area contributed by atoms with Crippen molar-refractivity contribution in [3.8, 4) is 0 Å². The van der Waals surface area contributed by atoms with Crippen molar-refractivity contribution in [1.82, 2.24) is 4.90 Å². The zero-order chi connectivity index (χ0) is 13.8. The molecule has 0 heterocycles. The third kappa shape index (κ3) is 4.48. The number of benzene rings is 1. The molecule has 2 rings (SSSR count). The molecule has 0 aliphatic heterocycles. The Kier molecular flexibility index (Phi) is 4.32. The number of nitrogens with zero attached hydrogens (tertiary/aromatic N) is 1. The van der Waals surface area contributed by atoms with E-state index < -0.39 is 11.8 Å². The average molecular weight is 263 g/mol. The van der Waals surface area contributed by atoms with E-state index in [0.29, 0.717) is 5.56 Å². The van der Waals surface area contributed by atoms with Crippen molar-refractivity contribution in [2.75, 3.05) is 13.6 Å². The Labute approximate surface area is 112 Å². The fourth-order valence-corrected chi connectivity index (χ4v) is 2.10. The standard InChI is InChI=1S/C15H18FNO2/c1-17(9-11-2-3-11)10-12-4-6-14(16)13(8-12)5-7-15(18)19/h4-8,11H,2-3,9-10H2,1H3,(H,18,19)/b7-5+. The first-order valence-electron chi connectivity index (χ1n) is 6.42. The second-order valence-electron chi connectivity index (χ2n) is 5.17. The molecule has 4 heteroatoms. The minimum atomic E-state index is -1.07. The van der Waals surface area contributed by atoms with E-state index in [0.717, 1.165) is 30.6 Å². The van der Waals surface area contributed by atoms with Crippen LogP contribution in [0.5, 0.6) is 0 Å². The third-order valence-corrected chi connectivity index (χ3v) is 3.19. The van der Waals surface area contributed by atoms with Gasteiger partial charge in [-0.05, 0) is 49.6 Å². The molecule has 0 radical (unpaired) electrons. The van der Waals surface area contributed by atoms with Gasteiger partial charge in [-0.2, -0.15) is 0 Å². The molecule has 1 N–H and O–H groups in total. The molecule has 0 aromatic heterocycles. The van der Waals surface area contributed by atoms with Gasteiger partial charge in [-0.15, -0.1) is 0 Å². The number of rotatable bonds is 6. The number of halogens is 1. The van der Waals surface area contributed by atoms with E-state index in [4.69, 9.17) is 5.11 Å². The van der Waals surface area contributed by atoms with Gasteiger partial charge >= 0.3 is 5.97 Å². The number of carboxylic acid groups (broad SMARTS) is 1. The van der Waals surface area contributed by atoms with Crippen molar-refractivity contribution in [2.45, 2.75) is 19.4 Å². The first kappa shape index (κ1) is 13.7. The number of carbonyl (C=O) groups is 1. The predicted octanol–water partition coefficient (Wildman–Crippen LogP) is 2.77. The summed E-state index contributed by atoms with van der Waals surface area (Å²) < 4.78 is 13.5. The van der Waals surface area contributed by atoms with Crippen LogP contribution in [-0.4, -0.2) is 29.6 Å². The second-order valence-corrected chi connectivity index (χ2v) is 5.17. The van der Waals surface area contributed by atoms with Gasteiger partial charge in [0.1, 0.15) is 5.82 Å². The first-order chi connectivity index (χ1) is 9.04. The Balaban J connectivity index is 2.04. The molecule has 102 valence electrons. The SMILES string of the molecule is CN(Cc1ccc(F)c(/C=C/C(=O)O)c1)CC1CC1. The molecule has 0 saturated heterocycles. The zero-order valence-electron chi connectivity index (χ0n) is 11.0. The monoisotopic (exact) mass is 263 g/mol. The molecule has 1 aromatic rings. The lowest BCUT2D eigenvalue weighted by Gasteiger charge is -2.16. The zero-order valence-corrected chi connectivity index (χ0v) is 11.0. The first-order valence-corrected chi connectivity index (χ1v) is 6.42. The van der Waals surface area contributed by atoms with Gasteiger partial charge in [0.2, 0.25) is 0 Å². The highest BCUT2D eigenvalue weighted by atomic mass is 19.1. The van der Waals surface area contributed by atoms with E-state index in [2.05, 4.69) is 11.9 Å². The fraction of sp³-hybridized carbons (Fsp3) is 0.400. The van der Waals surface area contributed by atoms with Crippen molar-refractivity contribution in [3.63, 3.8) is 0 Å². The van der Waals surface area contributed by atoms with Crippen LogP contribution in [0.4, 0.5) is 4.39 Å². The van der Waals surface area contributed by atoms with Gasteiger partial charge < -0.3 is 10.0 Å². The maximum Gasteiger partial charge on any atom is 0.328 e. The number of aliphatic carboxylic acids is 1. The minimum absolute atomic E-state index is 0.319. The van der Waals surface area contributed by atoms with E-state index in [1.165, 1.54) is 25.0 Å². The topological polar surface area (TPSA) is 40.5 Å². The summed E-state index contributed by atoms with van der Waals surface area (Å²) in [5.41, 5.74) is 1.31. The highest BCUT2D eigenvalue weighted by Crippen LogP contribution is 2.29. The van der Waals surface area contributed by atoms with Crippen molar-refractivity contribution >= 4 is 12.0 Å². The van der Waals surface area contributed by atoms with Crippen LogP contribution < -0.4 is 0 Å². The summed E-state index contributed by atoms with van der Waals surface area (Å²) in [4.78, 5) is 12.7. The van der Waals surface area contributed by atoms with E-state index in [1.54, 1.807) is 12.1 Å². The van der Waals surface area contributed by atoms with Crippen LogP contribution in [0.15, 0.2) is 24.3 Å². The summed E-state index contributed by atoms with van der Waals surface area (Å²) in [6.07, 6.45) is 4.86. The summed E-state index contributed by atoms with van der Waals surface area (Å²) in [6.45, 7) is 1.82. The Morgan fingerprint density at radius 1 is 1.53 bits per heavy atom. The van der Waals surface area contributed by atoms with E-state index in [1.807, 2.05) is 0 Å². The number of carboxylic acids is 1. The molecular formula is C15H18FNO2. The highest BCUT2D eigenvalue weighted by molar-refractivity contribution is 5.85. The van der Waals surface area contributed by atoms with Gasteiger partial charge in [0.05, 0.1) is 0 Å². The van der Waals surface area contributed by atoms with Crippen LogP contribution in [0.3, 0.4) is 0 Å². The molecular weight excluding hydrogens is 245 g/mol. The van der Waals surface area contributed by atoms with Crippen molar-refractivity contribution in [2.24, 2.45) is 5.92 Å². The smallest absolute Gasteiger partial charge is 0.328 e. The Morgan fingerprint density at radius 3 is 2.89 bits per heavy atom. The van der Waals surface area contributed by atoms with Crippen LogP contribution in [0, 0.1) is 11.7 Å². The van der Waals surface area contributed by atoms with Crippen molar-refractivity contribution < 1.29 is 14.3 Å². The summed E-state index contributed by atoms with van der Waals surface area (Å²) in [6, 6.07) is 4.84. The van der Waals surface area contributed by atoms with Crippen molar-refractivity contribution in [3.05, 3.63) is 41.2 Å². The molecule has 0 bridgehead atoms. The van der Waals surface area contributed by atoms with Crippen LogP contribution in [-0.2, 0) is 11.3 Å². The number of hydrogen-bond donors (Lipinski definition) is 1. The molecule has 1 saturated carbocycles. The van der Waals surface area contributed by atoms with Gasteiger partial charge in [0.15, 0.2) is 0 Å². The fourth-order valence-electron chi connectivity index (χ4n) is 2.10. The molecule has 0 amide bonds. The molecule has 0 atom stereocenters. The van der Waals surface area contributed by atoms with Gasteiger partial charge in [0, 0.05) is 24.7 Å². The Morgan fingerprint density at radius 2 is 2.26 bits per heavy atom. The molecule has 1 fully saturated rings. The van der Waals surface area contributed by atoms with Gasteiger partial charge in [-0.1, -0.05) is 6.07 Å². The summed E-state index contributed by atoms with van der Waals surface area (Å²) in [7, 11) is 2.05. The van der Waals surface area contributed by atoms with E-state index >= 15 is 0 Å². The second kappa shape index (κ2) is 5.97. The lowest BCUT2D eigenvalue weighted by atomic mass is 10.1. The Bertz CT molecular complexity index is 495. The van der Waals surface area contributed by atoms with Crippen LogP contribution in [0.1, 0.15) is 24.0 Å². The van der Waals surface area contributed by atoms with Gasteiger partial charge in [-0.25, -0.2) is 9.18 Å². The normalized spacial score (nSPS) is 15.3. The molecule has 1 aromatic carbocycles. The van der Waals surface area contributed by atoms with Gasteiger partial charge in [0.25, 0.3) is 0 Å². The molecule has 0 unspecified atom stereocenters. The maximum atomic E-state index is 13.5. The lowest BCUT2D eigenvalue weighted by Crippen LogP contribution is -2.20. The molecule has 3 nitrogen and oxygen atoms in total. The summed E-state index contributed by atoms with van der Waals surface area (Å²) >= 11 is 0. The average Bonchev–Trinajstić information content (AvgIpc) is 3.13. The van der Waals surface area contributed by atoms with Crippen LogP contribution in [0.2, 0.25) is 0 Å². The van der Waals surface area contributed by atoms with E-state index in [9.17, 15) is 9.18 Å². The summed E-state index contributed by atoms with van der Waals surface area (Å²) in [5, 5.41) is 8.57. The largest absolute Gasteiger partial charge is 0.478 e. The van der Waals surface area contributed by atoms with Crippen LogP contribution >= 0.6 is 0 Å². The Hall–Kier alpha value is -1.68. The van der Waals surface area contributed by atoms with Crippen molar-refractivity contribution in [1.29, 1.82) is 0 Å². The molecule has 1 aliphatic carbocycles. The summed E-state index contributed by atoms with van der Waals surface area (Å²) in [5.74, 6) is -0.654. The van der Waals surface area contributed by atoms with E-state index in [-0.39, 0.29) is 0 Å². The quantitative estimate of drug-likeness (QED) is 0.802. The van der Waals surface area contributed by atoms with Gasteiger partial charge in [-0.3, -0.25) is 0 Å².